The number of anilines is 1. The summed E-state index contributed by atoms with van der Waals surface area (Å²) in [5.74, 6) is 1.09. The number of fused-ring (bicyclic) bond motifs is 1. The fourth-order valence-electron chi connectivity index (χ4n) is 3.93. The van der Waals surface area contributed by atoms with Gasteiger partial charge in [-0.05, 0) is 30.7 Å². The van der Waals surface area contributed by atoms with Crippen molar-refractivity contribution in [3.05, 3.63) is 18.1 Å². The maximum Gasteiger partial charge on any atom is 0.200 e. The molecule has 0 spiro atoms. The summed E-state index contributed by atoms with van der Waals surface area (Å²) in [6.07, 6.45) is 4.24. The summed E-state index contributed by atoms with van der Waals surface area (Å²) < 4.78 is 7.31. The van der Waals surface area contributed by atoms with Crippen molar-refractivity contribution in [2.24, 2.45) is 5.92 Å². The van der Waals surface area contributed by atoms with Crippen LogP contribution in [0, 0.1) is 5.92 Å². The van der Waals surface area contributed by atoms with Crippen LogP contribution >= 0.6 is 0 Å². The molecule has 2 aliphatic heterocycles. The highest BCUT2D eigenvalue weighted by Gasteiger charge is 2.25. The van der Waals surface area contributed by atoms with Crippen LogP contribution in [0.25, 0.3) is 5.65 Å². The molecule has 2 aromatic heterocycles. The molecule has 25 heavy (non-hydrogen) atoms. The highest BCUT2D eigenvalue weighted by atomic mass is 16.5. The SMILES string of the molecule is CC(C)c1cc(N2CCCC(CN3CCOCC3)C2)c2nncn2n1. The number of hydrogen-bond donors (Lipinski definition) is 0. The predicted octanol–water partition coefficient (Wildman–Crippen LogP) is 1.80. The third-order valence-electron chi connectivity index (χ3n) is 5.34. The summed E-state index contributed by atoms with van der Waals surface area (Å²) >= 11 is 0. The minimum absolute atomic E-state index is 0.388. The van der Waals surface area contributed by atoms with E-state index >= 15 is 0 Å². The summed E-state index contributed by atoms with van der Waals surface area (Å²) in [7, 11) is 0. The lowest BCUT2D eigenvalue weighted by atomic mass is 9.96. The molecule has 2 fully saturated rings. The van der Waals surface area contributed by atoms with E-state index < -0.39 is 0 Å². The van der Waals surface area contributed by atoms with Gasteiger partial charge in [0.1, 0.15) is 6.33 Å². The summed E-state index contributed by atoms with van der Waals surface area (Å²) in [4.78, 5) is 5.04. The third kappa shape index (κ3) is 3.62. The zero-order chi connectivity index (χ0) is 17.2. The van der Waals surface area contributed by atoms with Gasteiger partial charge >= 0.3 is 0 Å². The van der Waals surface area contributed by atoms with E-state index in [4.69, 9.17) is 4.74 Å². The van der Waals surface area contributed by atoms with Gasteiger partial charge in [0, 0.05) is 32.7 Å². The lowest BCUT2D eigenvalue weighted by Gasteiger charge is -2.37. The Balaban J connectivity index is 1.54. The lowest BCUT2D eigenvalue weighted by molar-refractivity contribution is 0.0296. The first kappa shape index (κ1) is 16.7. The molecule has 0 amide bonds. The average molecular weight is 344 g/mol. The quantitative estimate of drug-likeness (QED) is 0.843. The standard InChI is InChI=1S/C18H28N6O/c1-14(2)16-10-17(18-20-19-13-24(18)21-16)23-5-3-4-15(12-23)11-22-6-8-25-9-7-22/h10,13-15H,3-9,11-12H2,1-2H3. The van der Waals surface area contributed by atoms with E-state index in [1.807, 2.05) is 4.52 Å². The van der Waals surface area contributed by atoms with Gasteiger partial charge in [0.15, 0.2) is 0 Å². The second-order valence-electron chi connectivity index (χ2n) is 7.58. The second kappa shape index (κ2) is 7.25. The van der Waals surface area contributed by atoms with E-state index in [1.165, 1.54) is 25.1 Å². The van der Waals surface area contributed by atoms with Crippen LogP contribution in [0.2, 0.25) is 0 Å². The zero-order valence-electron chi connectivity index (χ0n) is 15.3. The van der Waals surface area contributed by atoms with Crippen molar-refractivity contribution in [1.29, 1.82) is 0 Å². The molecule has 1 atom stereocenters. The molecular weight excluding hydrogens is 316 g/mol. The third-order valence-corrected chi connectivity index (χ3v) is 5.34. The number of morpholine rings is 1. The molecule has 0 radical (unpaired) electrons. The van der Waals surface area contributed by atoms with Crippen LogP contribution in [0.15, 0.2) is 12.4 Å². The van der Waals surface area contributed by atoms with Crippen LogP contribution in [0.1, 0.15) is 38.3 Å². The minimum Gasteiger partial charge on any atom is -0.379 e. The van der Waals surface area contributed by atoms with Crippen molar-refractivity contribution in [3.8, 4) is 0 Å². The first-order chi connectivity index (χ1) is 12.2. The van der Waals surface area contributed by atoms with Gasteiger partial charge in [-0.3, -0.25) is 4.90 Å². The number of hydrogen-bond acceptors (Lipinski definition) is 6. The molecule has 0 N–H and O–H groups in total. The van der Waals surface area contributed by atoms with Gasteiger partial charge in [-0.15, -0.1) is 10.2 Å². The molecule has 7 nitrogen and oxygen atoms in total. The van der Waals surface area contributed by atoms with Crippen molar-refractivity contribution in [2.75, 3.05) is 50.8 Å². The maximum absolute atomic E-state index is 5.48. The lowest BCUT2D eigenvalue weighted by Crippen LogP contribution is -2.44. The Bertz CT molecular complexity index is 709. The van der Waals surface area contributed by atoms with E-state index in [1.54, 1.807) is 6.33 Å². The van der Waals surface area contributed by atoms with Crippen LogP contribution in [0.4, 0.5) is 5.69 Å². The number of piperidine rings is 1. The van der Waals surface area contributed by atoms with Crippen LogP contribution in [-0.4, -0.2) is 70.6 Å². The largest absolute Gasteiger partial charge is 0.379 e. The van der Waals surface area contributed by atoms with Gasteiger partial charge in [0.05, 0.1) is 24.6 Å². The van der Waals surface area contributed by atoms with E-state index in [-0.39, 0.29) is 0 Å². The average Bonchev–Trinajstić information content (AvgIpc) is 3.10. The normalized spacial score (nSPS) is 22.8. The monoisotopic (exact) mass is 344 g/mol. The Hall–Kier alpha value is -1.73. The van der Waals surface area contributed by atoms with Crippen molar-refractivity contribution >= 4 is 11.3 Å². The first-order valence-corrected chi connectivity index (χ1v) is 9.46. The van der Waals surface area contributed by atoms with Crippen LogP contribution in [-0.2, 0) is 4.74 Å². The molecule has 0 aromatic carbocycles. The Kier molecular flexibility index (Phi) is 4.85. The first-order valence-electron chi connectivity index (χ1n) is 9.46. The summed E-state index contributed by atoms with van der Waals surface area (Å²) in [5, 5.41) is 13.0. The van der Waals surface area contributed by atoms with Crippen molar-refractivity contribution < 1.29 is 4.74 Å². The fraction of sp³-hybridized carbons (Fsp3) is 0.722. The van der Waals surface area contributed by atoms with Gasteiger partial charge in [-0.2, -0.15) is 9.61 Å². The summed E-state index contributed by atoms with van der Waals surface area (Å²) in [6, 6.07) is 2.21. The number of rotatable bonds is 4. The van der Waals surface area contributed by atoms with Crippen molar-refractivity contribution in [2.45, 2.75) is 32.6 Å². The zero-order valence-corrected chi connectivity index (χ0v) is 15.3. The Morgan fingerprint density at radius 2 is 2.08 bits per heavy atom. The number of aromatic nitrogens is 4. The molecule has 2 aromatic rings. The summed E-state index contributed by atoms with van der Waals surface area (Å²) in [5.41, 5.74) is 3.15. The summed E-state index contributed by atoms with van der Waals surface area (Å²) in [6.45, 7) is 11.6. The van der Waals surface area contributed by atoms with Gasteiger partial charge < -0.3 is 9.64 Å². The topological polar surface area (TPSA) is 58.8 Å². The molecule has 1 unspecified atom stereocenters. The van der Waals surface area contributed by atoms with Gasteiger partial charge in [0.25, 0.3) is 0 Å². The maximum atomic E-state index is 5.48. The molecule has 4 rings (SSSR count). The molecule has 0 bridgehead atoms. The van der Waals surface area contributed by atoms with E-state index in [0.29, 0.717) is 11.8 Å². The molecule has 7 heteroatoms. The Morgan fingerprint density at radius 1 is 1.24 bits per heavy atom. The van der Waals surface area contributed by atoms with Gasteiger partial charge in [0.2, 0.25) is 5.65 Å². The van der Waals surface area contributed by atoms with E-state index in [9.17, 15) is 0 Å². The highest BCUT2D eigenvalue weighted by molar-refractivity contribution is 5.68. The molecule has 0 aliphatic carbocycles. The molecule has 2 aliphatic rings. The molecule has 136 valence electrons. The van der Waals surface area contributed by atoms with Gasteiger partial charge in [-0.25, -0.2) is 0 Å². The molecule has 2 saturated heterocycles. The Morgan fingerprint density at radius 3 is 2.88 bits per heavy atom. The molecular formula is C18H28N6O. The number of nitrogens with zero attached hydrogens (tertiary/aromatic N) is 6. The Labute approximate surface area is 149 Å². The van der Waals surface area contributed by atoms with E-state index in [0.717, 1.165) is 50.7 Å². The van der Waals surface area contributed by atoms with Gasteiger partial charge in [-0.1, -0.05) is 13.8 Å². The van der Waals surface area contributed by atoms with Crippen molar-refractivity contribution in [3.63, 3.8) is 0 Å². The van der Waals surface area contributed by atoms with E-state index in [2.05, 4.69) is 45.0 Å². The molecule has 4 heterocycles. The number of ether oxygens (including phenoxy) is 1. The second-order valence-corrected chi connectivity index (χ2v) is 7.58. The van der Waals surface area contributed by atoms with Crippen LogP contribution in [0.3, 0.4) is 0 Å². The predicted molar refractivity (Wildman–Crippen MR) is 97.1 cm³/mol. The minimum atomic E-state index is 0.388. The highest BCUT2D eigenvalue weighted by Crippen LogP contribution is 2.28. The van der Waals surface area contributed by atoms with Crippen molar-refractivity contribution in [1.82, 2.24) is 24.7 Å². The van der Waals surface area contributed by atoms with Crippen LogP contribution < -0.4 is 4.90 Å². The smallest absolute Gasteiger partial charge is 0.200 e. The molecule has 0 saturated carbocycles. The fourth-order valence-corrected chi connectivity index (χ4v) is 3.93. The van der Waals surface area contributed by atoms with Crippen LogP contribution in [0.5, 0.6) is 0 Å².